The van der Waals surface area contributed by atoms with Crippen LogP contribution in [-0.4, -0.2) is 48.0 Å². The second-order valence-electron chi connectivity index (χ2n) is 8.51. The van der Waals surface area contributed by atoms with Crippen LogP contribution in [0.25, 0.3) is 0 Å². The molecule has 1 aliphatic carbocycles. The van der Waals surface area contributed by atoms with Crippen LogP contribution in [0.1, 0.15) is 43.0 Å². The number of carbonyl (C=O) groups excluding carboxylic acids is 1. The molecule has 1 aromatic rings. The Kier molecular flexibility index (Phi) is 6.15. The molecule has 3 aliphatic rings. The highest BCUT2D eigenvalue weighted by molar-refractivity contribution is 5.96. The summed E-state index contributed by atoms with van der Waals surface area (Å²) in [6.07, 6.45) is 4.18. The number of rotatable bonds is 3. The number of hydrogen-bond acceptors (Lipinski definition) is 5. The second-order valence-corrected chi connectivity index (χ2v) is 8.51. The maximum Gasteiger partial charge on any atom is 0.293 e. The standard InChI is InChI=1S/C20H28N4O3.ClH/c1-13-6-8-22(9-7-13)18-5-3-14(10-19(18)24(26)27)20(25)23-11-15-2-4-17(21)16(15)12-23;/h3,5,10,13,15-17H,2,4,6-9,11-12,21H2,1H3;1H. The van der Waals surface area contributed by atoms with Gasteiger partial charge in [-0.25, -0.2) is 0 Å². The van der Waals surface area contributed by atoms with E-state index in [1.54, 1.807) is 12.1 Å². The maximum absolute atomic E-state index is 12.9. The quantitative estimate of drug-likeness (QED) is 0.612. The fourth-order valence-corrected chi connectivity index (χ4v) is 4.98. The van der Waals surface area contributed by atoms with Gasteiger partial charge < -0.3 is 15.5 Å². The van der Waals surface area contributed by atoms with Crippen molar-refractivity contribution in [1.82, 2.24) is 4.90 Å². The van der Waals surface area contributed by atoms with Crippen LogP contribution in [-0.2, 0) is 0 Å². The lowest BCUT2D eigenvalue weighted by atomic mass is 9.98. The summed E-state index contributed by atoms with van der Waals surface area (Å²) in [5, 5.41) is 11.7. The summed E-state index contributed by atoms with van der Waals surface area (Å²) >= 11 is 0. The van der Waals surface area contributed by atoms with E-state index < -0.39 is 0 Å². The zero-order valence-electron chi connectivity index (χ0n) is 16.3. The molecule has 1 amide bonds. The summed E-state index contributed by atoms with van der Waals surface area (Å²) < 4.78 is 0. The van der Waals surface area contributed by atoms with E-state index >= 15 is 0 Å². The lowest BCUT2D eigenvalue weighted by molar-refractivity contribution is -0.384. The second kappa shape index (κ2) is 8.25. The minimum atomic E-state index is -0.362. The number of nitrogens with zero attached hydrogens (tertiary/aromatic N) is 3. The first-order valence-electron chi connectivity index (χ1n) is 10.0. The highest BCUT2D eigenvalue weighted by Crippen LogP contribution is 2.38. The van der Waals surface area contributed by atoms with Crippen LogP contribution in [0.3, 0.4) is 0 Å². The van der Waals surface area contributed by atoms with E-state index in [9.17, 15) is 14.9 Å². The van der Waals surface area contributed by atoms with Gasteiger partial charge in [0.2, 0.25) is 0 Å². The van der Waals surface area contributed by atoms with Gasteiger partial charge in [-0.3, -0.25) is 14.9 Å². The van der Waals surface area contributed by atoms with Gasteiger partial charge in [-0.05, 0) is 55.6 Å². The highest BCUT2D eigenvalue weighted by Gasteiger charge is 2.42. The summed E-state index contributed by atoms with van der Waals surface area (Å²) in [5.41, 5.74) is 7.23. The number of nitro groups is 1. The van der Waals surface area contributed by atoms with Crippen LogP contribution < -0.4 is 10.6 Å². The molecule has 4 rings (SSSR count). The molecule has 2 N–H and O–H groups in total. The lowest BCUT2D eigenvalue weighted by Crippen LogP contribution is -2.34. The van der Waals surface area contributed by atoms with Crippen molar-refractivity contribution in [3.05, 3.63) is 33.9 Å². The van der Waals surface area contributed by atoms with Crippen molar-refractivity contribution in [2.24, 2.45) is 23.5 Å². The van der Waals surface area contributed by atoms with Gasteiger partial charge in [-0.1, -0.05) is 6.92 Å². The molecule has 28 heavy (non-hydrogen) atoms. The molecule has 2 saturated heterocycles. The van der Waals surface area contributed by atoms with E-state index in [1.807, 2.05) is 4.90 Å². The van der Waals surface area contributed by atoms with Crippen molar-refractivity contribution in [1.29, 1.82) is 0 Å². The topological polar surface area (TPSA) is 92.7 Å². The van der Waals surface area contributed by atoms with Crippen molar-refractivity contribution < 1.29 is 9.72 Å². The van der Waals surface area contributed by atoms with Crippen molar-refractivity contribution in [3.8, 4) is 0 Å². The Morgan fingerprint density at radius 2 is 1.89 bits per heavy atom. The molecular weight excluding hydrogens is 380 g/mol. The molecule has 0 bridgehead atoms. The third-order valence-electron chi connectivity index (χ3n) is 6.74. The van der Waals surface area contributed by atoms with Crippen molar-refractivity contribution >= 4 is 29.7 Å². The first-order chi connectivity index (χ1) is 12.9. The molecule has 1 aromatic carbocycles. The van der Waals surface area contributed by atoms with E-state index in [-0.39, 0.29) is 35.0 Å². The number of fused-ring (bicyclic) bond motifs is 1. The van der Waals surface area contributed by atoms with E-state index in [0.717, 1.165) is 45.3 Å². The zero-order chi connectivity index (χ0) is 19.1. The SMILES string of the molecule is CC1CCN(c2ccc(C(=O)N3CC4CCC(N)C4C3)cc2[N+](=O)[O-])CC1.Cl. The number of carbonyl (C=O) groups is 1. The molecule has 0 radical (unpaired) electrons. The molecule has 2 aliphatic heterocycles. The number of nitrogens with two attached hydrogens (primary N) is 1. The molecule has 8 heteroatoms. The average Bonchev–Trinajstić information content (AvgIpc) is 3.23. The van der Waals surface area contributed by atoms with Crippen molar-refractivity contribution in [2.75, 3.05) is 31.1 Å². The smallest absolute Gasteiger partial charge is 0.293 e. The zero-order valence-corrected chi connectivity index (χ0v) is 17.1. The largest absolute Gasteiger partial charge is 0.366 e. The Morgan fingerprint density at radius 1 is 1.18 bits per heavy atom. The Morgan fingerprint density at radius 3 is 2.54 bits per heavy atom. The Hall–Kier alpha value is -1.86. The maximum atomic E-state index is 12.9. The van der Waals surface area contributed by atoms with E-state index in [1.165, 1.54) is 6.07 Å². The van der Waals surface area contributed by atoms with Gasteiger partial charge in [-0.2, -0.15) is 0 Å². The minimum absolute atomic E-state index is 0. The number of benzene rings is 1. The van der Waals surface area contributed by atoms with Crippen LogP contribution in [0, 0.1) is 27.9 Å². The number of amides is 1. The minimum Gasteiger partial charge on any atom is -0.366 e. The first-order valence-corrected chi connectivity index (χ1v) is 10.0. The van der Waals surface area contributed by atoms with Crippen LogP contribution >= 0.6 is 12.4 Å². The van der Waals surface area contributed by atoms with Gasteiger partial charge >= 0.3 is 0 Å². The Balaban J connectivity index is 0.00000225. The van der Waals surface area contributed by atoms with Gasteiger partial charge in [0.1, 0.15) is 5.69 Å². The van der Waals surface area contributed by atoms with Crippen molar-refractivity contribution in [3.63, 3.8) is 0 Å². The molecular formula is C20H29ClN4O3. The molecule has 1 saturated carbocycles. The summed E-state index contributed by atoms with van der Waals surface area (Å²) in [6.45, 7) is 5.25. The number of hydrogen-bond donors (Lipinski definition) is 1. The summed E-state index contributed by atoms with van der Waals surface area (Å²) in [5.74, 6) is 1.40. The molecule has 3 atom stereocenters. The van der Waals surface area contributed by atoms with Gasteiger partial charge in [0.25, 0.3) is 11.6 Å². The van der Waals surface area contributed by atoms with Crippen LogP contribution in [0.2, 0.25) is 0 Å². The Labute approximate surface area is 171 Å². The lowest BCUT2D eigenvalue weighted by Gasteiger charge is -2.31. The first kappa shape index (κ1) is 20.9. The summed E-state index contributed by atoms with van der Waals surface area (Å²) in [4.78, 5) is 28.1. The van der Waals surface area contributed by atoms with E-state index in [0.29, 0.717) is 35.5 Å². The van der Waals surface area contributed by atoms with Crippen LogP contribution in [0.15, 0.2) is 18.2 Å². The molecule has 0 spiro atoms. The number of piperidine rings is 1. The molecule has 154 valence electrons. The van der Waals surface area contributed by atoms with E-state index in [4.69, 9.17) is 5.73 Å². The van der Waals surface area contributed by atoms with Crippen molar-refractivity contribution in [2.45, 2.75) is 38.6 Å². The third kappa shape index (κ3) is 3.82. The fraction of sp³-hybridized carbons (Fsp3) is 0.650. The van der Waals surface area contributed by atoms with Gasteiger partial charge in [0.05, 0.1) is 4.92 Å². The molecule has 7 nitrogen and oxygen atoms in total. The van der Waals surface area contributed by atoms with Gasteiger partial charge in [0, 0.05) is 43.9 Å². The predicted octanol–water partition coefficient (Wildman–Crippen LogP) is 3.06. The average molecular weight is 409 g/mol. The van der Waals surface area contributed by atoms with Gasteiger partial charge in [-0.15, -0.1) is 12.4 Å². The predicted molar refractivity (Wildman–Crippen MR) is 111 cm³/mol. The number of halogens is 1. The van der Waals surface area contributed by atoms with Crippen LogP contribution in [0.5, 0.6) is 0 Å². The number of nitro benzene ring substituents is 1. The normalized spacial score (nSPS) is 27.4. The summed E-state index contributed by atoms with van der Waals surface area (Å²) in [6, 6.07) is 5.13. The number of anilines is 1. The Bertz CT molecular complexity index is 751. The van der Waals surface area contributed by atoms with Crippen LogP contribution in [0.4, 0.5) is 11.4 Å². The molecule has 3 unspecified atom stereocenters. The summed E-state index contributed by atoms with van der Waals surface area (Å²) in [7, 11) is 0. The monoisotopic (exact) mass is 408 g/mol. The van der Waals surface area contributed by atoms with Gasteiger partial charge in [0.15, 0.2) is 0 Å². The molecule has 2 heterocycles. The molecule has 3 fully saturated rings. The fourth-order valence-electron chi connectivity index (χ4n) is 4.98. The highest BCUT2D eigenvalue weighted by atomic mass is 35.5. The number of likely N-dealkylation sites (tertiary alicyclic amines) is 1. The molecule has 0 aromatic heterocycles. The third-order valence-corrected chi connectivity index (χ3v) is 6.74. The van der Waals surface area contributed by atoms with E-state index in [2.05, 4.69) is 11.8 Å².